The monoisotopic (exact) mass is 228 g/mol. The molecule has 0 spiro atoms. The van der Waals surface area contributed by atoms with Crippen molar-refractivity contribution in [3.8, 4) is 0 Å². The van der Waals surface area contributed by atoms with Crippen LogP contribution in [0.1, 0.15) is 39.5 Å². The van der Waals surface area contributed by atoms with Crippen molar-refractivity contribution in [2.45, 2.75) is 51.6 Å². The third kappa shape index (κ3) is 3.76. The molecule has 0 bridgehead atoms. The summed E-state index contributed by atoms with van der Waals surface area (Å²) in [5, 5.41) is 0. The van der Waals surface area contributed by atoms with E-state index in [4.69, 9.17) is 10.5 Å². The van der Waals surface area contributed by atoms with Crippen molar-refractivity contribution in [2.75, 3.05) is 19.7 Å². The Morgan fingerprint density at radius 1 is 1.56 bits per heavy atom. The maximum atomic E-state index is 11.8. The smallest absolute Gasteiger partial charge is 0.323 e. The van der Waals surface area contributed by atoms with Gasteiger partial charge in [0.1, 0.15) is 6.04 Å². The quantitative estimate of drug-likeness (QED) is 0.717. The molecule has 0 radical (unpaired) electrons. The molecule has 0 aromatic heterocycles. The molecule has 1 unspecified atom stereocenters. The van der Waals surface area contributed by atoms with Crippen LogP contribution in [-0.2, 0) is 9.53 Å². The molecule has 0 amide bonds. The van der Waals surface area contributed by atoms with Gasteiger partial charge in [0.2, 0.25) is 0 Å². The minimum Gasteiger partial charge on any atom is -0.465 e. The van der Waals surface area contributed by atoms with Gasteiger partial charge in [-0.2, -0.15) is 0 Å². The van der Waals surface area contributed by atoms with Crippen molar-refractivity contribution < 1.29 is 9.53 Å². The number of nitrogens with two attached hydrogens (primary N) is 1. The van der Waals surface area contributed by atoms with Crippen LogP contribution >= 0.6 is 0 Å². The van der Waals surface area contributed by atoms with E-state index in [1.54, 1.807) is 0 Å². The molecule has 2 N–H and O–H groups in total. The van der Waals surface area contributed by atoms with Gasteiger partial charge >= 0.3 is 5.97 Å². The Morgan fingerprint density at radius 2 is 2.31 bits per heavy atom. The summed E-state index contributed by atoms with van der Waals surface area (Å²) in [6.45, 7) is 6.19. The number of esters is 1. The number of carbonyl (C=O) groups is 1. The van der Waals surface area contributed by atoms with Gasteiger partial charge in [-0.1, -0.05) is 13.3 Å². The zero-order valence-corrected chi connectivity index (χ0v) is 10.4. The van der Waals surface area contributed by atoms with Crippen LogP contribution in [0, 0.1) is 0 Å². The minimum absolute atomic E-state index is 0.0848. The number of rotatable bonds is 5. The maximum absolute atomic E-state index is 11.8. The lowest BCUT2D eigenvalue weighted by Crippen LogP contribution is -2.51. The highest BCUT2D eigenvalue weighted by molar-refractivity contribution is 5.75. The van der Waals surface area contributed by atoms with Crippen LogP contribution in [0.5, 0.6) is 0 Å². The van der Waals surface area contributed by atoms with E-state index in [2.05, 4.69) is 11.8 Å². The molecule has 0 aromatic carbocycles. The third-order valence-corrected chi connectivity index (χ3v) is 3.05. The lowest BCUT2D eigenvalue weighted by molar-refractivity contribution is -0.150. The van der Waals surface area contributed by atoms with Gasteiger partial charge in [0.15, 0.2) is 0 Å². The molecule has 1 saturated heterocycles. The normalized spacial score (nSPS) is 24.1. The van der Waals surface area contributed by atoms with Crippen molar-refractivity contribution >= 4 is 5.97 Å². The highest BCUT2D eigenvalue weighted by Crippen LogP contribution is 2.16. The van der Waals surface area contributed by atoms with E-state index in [0.29, 0.717) is 6.61 Å². The van der Waals surface area contributed by atoms with Crippen LogP contribution in [0.25, 0.3) is 0 Å². The molecule has 1 heterocycles. The number of nitrogens with zero attached hydrogens (tertiary/aromatic N) is 1. The van der Waals surface area contributed by atoms with Crippen molar-refractivity contribution in [3.05, 3.63) is 0 Å². The van der Waals surface area contributed by atoms with Crippen LogP contribution in [0.2, 0.25) is 0 Å². The molecule has 0 aromatic rings. The number of carbonyl (C=O) groups excluding carboxylic acids is 1. The highest BCUT2D eigenvalue weighted by atomic mass is 16.5. The Labute approximate surface area is 98.1 Å². The van der Waals surface area contributed by atoms with Crippen molar-refractivity contribution in [2.24, 2.45) is 5.73 Å². The van der Waals surface area contributed by atoms with E-state index >= 15 is 0 Å². The lowest BCUT2D eigenvalue weighted by Gasteiger charge is -2.35. The van der Waals surface area contributed by atoms with Gasteiger partial charge in [-0.3, -0.25) is 9.69 Å². The van der Waals surface area contributed by atoms with Gasteiger partial charge in [0.25, 0.3) is 0 Å². The largest absolute Gasteiger partial charge is 0.465 e. The van der Waals surface area contributed by atoms with Crippen LogP contribution in [0.3, 0.4) is 0 Å². The Bertz CT molecular complexity index is 221. The predicted octanol–water partition coefficient (Wildman–Crippen LogP) is 1.14. The summed E-state index contributed by atoms with van der Waals surface area (Å²) in [5.41, 5.74) is 5.94. The number of hydrogen-bond donors (Lipinski definition) is 1. The van der Waals surface area contributed by atoms with Gasteiger partial charge in [0, 0.05) is 12.6 Å². The van der Waals surface area contributed by atoms with Crippen LogP contribution in [0.4, 0.5) is 0 Å². The topological polar surface area (TPSA) is 55.6 Å². The molecule has 1 aliphatic heterocycles. The first-order valence-corrected chi connectivity index (χ1v) is 6.35. The minimum atomic E-state index is -0.0868. The molecule has 0 aliphatic carbocycles. The molecule has 1 aliphatic rings. The summed E-state index contributed by atoms with van der Waals surface area (Å²) in [6, 6.07) is 0.124. The van der Waals surface area contributed by atoms with Gasteiger partial charge in [0.05, 0.1) is 6.61 Å². The first-order chi connectivity index (χ1) is 7.69. The molecule has 0 saturated carbocycles. The number of ether oxygens (including phenoxy) is 1. The predicted molar refractivity (Wildman–Crippen MR) is 64.1 cm³/mol. The fraction of sp³-hybridized carbons (Fsp3) is 0.917. The summed E-state index contributed by atoms with van der Waals surface area (Å²) in [7, 11) is 0. The molecule has 94 valence electrons. The fourth-order valence-corrected chi connectivity index (χ4v) is 2.28. The number of piperidine rings is 1. The summed E-state index contributed by atoms with van der Waals surface area (Å²) >= 11 is 0. The molecule has 4 heteroatoms. The Hall–Kier alpha value is -0.610. The maximum Gasteiger partial charge on any atom is 0.323 e. The molecule has 16 heavy (non-hydrogen) atoms. The number of hydrogen-bond acceptors (Lipinski definition) is 4. The SMILES string of the molecule is CCCC(C(=O)OCC)N1CCC[C@@H](N)C1. The van der Waals surface area contributed by atoms with Crippen molar-refractivity contribution in [3.63, 3.8) is 0 Å². The van der Waals surface area contributed by atoms with Gasteiger partial charge in [-0.05, 0) is 32.7 Å². The van der Waals surface area contributed by atoms with E-state index in [-0.39, 0.29) is 18.1 Å². The fourth-order valence-electron chi connectivity index (χ4n) is 2.28. The van der Waals surface area contributed by atoms with E-state index in [0.717, 1.165) is 38.8 Å². The summed E-state index contributed by atoms with van der Waals surface area (Å²) < 4.78 is 5.12. The average molecular weight is 228 g/mol. The van der Waals surface area contributed by atoms with E-state index < -0.39 is 0 Å². The Kier molecular flexibility index (Phi) is 5.77. The molecule has 2 atom stereocenters. The summed E-state index contributed by atoms with van der Waals surface area (Å²) in [4.78, 5) is 14.0. The summed E-state index contributed by atoms with van der Waals surface area (Å²) in [6.07, 6.45) is 4.01. The van der Waals surface area contributed by atoms with Crippen LogP contribution in [-0.4, -0.2) is 42.6 Å². The van der Waals surface area contributed by atoms with Gasteiger partial charge in [-0.25, -0.2) is 0 Å². The first-order valence-electron chi connectivity index (χ1n) is 6.35. The van der Waals surface area contributed by atoms with E-state index in [1.807, 2.05) is 6.92 Å². The van der Waals surface area contributed by atoms with Gasteiger partial charge in [-0.15, -0.1) is 0 Å². The lowest BCUT2D eigenvalue weighted by atomic mass is 10.0. The van der Waals surface area contributed by atoms with Crippen molar-refractivity contribution in [1.29, 1.82) is 0 Å². The first kappa shape index (κ1) is 13.5. The van der Waals surface area contributed by atoms with E-state index in [9.17, 15) is 4.79 Å². The average Bonchev–Trinajstić information content (AvgIpc) is 2.26. The van der Waals surface area contributed by atoms with Crippen LogP contribution < -0.4 is 5.73 Å². The van der Waals surface area contributed by atoms with E-state index in [1.165, 1.54) is 0 Å². The molecule has 1 rings (SSSR count). The standard InChI is InChI=1S/C12H24N2O2/c1-3-6-11(12(15)16-4-2)14-8-5-7-10(13)9-14/h10-11H,3-9,13H2,1-2H3/t10-,11?/m1/s1. The second-order valence-electron chi connectivity index (χ2n) is 4.45. The Morgan fingerprint density at radius 3 is 2.88 bits per heavy atom. The Balaban J connectivity index is 2.56. The van der Waals surface area contributed by atoms with Gasteiger partial charge < -0.3 is 10.5 Å². The second kappa shape index (κ2) is 6.86. The third-order valence-electron chi connectivity index (χ3n) is 3.05. The molecule has 1 fully saturated rings. The molecular formula is C12H24N2O2. The zero-order valence-electron chi connectivity index (χ0n) is 10.4. The highest BCUT2D eigenvalue weighted by Gasteiger charge is 2.29. The molecular weight excluding hydrogens is 204 g/mol. The van der Waals surface area contributed by atoms with Crippen LogP contribution in [0.15, 0.2) is 0 Å². The number of likely N-dealkylation sites (tertiary alicyclic amines) is 1. The summed E-state index contributed by atoms with van der Waals surface area (Å²) in [5.74, 6) is -0.0848. The molecule has 4 nitrogen and oxygen atoms in total. The zero-order chi connectivity index (χ0) is 12.0. The van der Waals surface area contributed by atoms with Crippen molar-refractivity contribution in [1.82, 2.24) is 4.90 Å². The second-order valence-corrected chi connectivity index (χ2v) is 4.45.